The molecule has 3 rings (SSSR count). The first-order valence-electron chi connectivity index (χ1n) is 8.45. The van der Waals surface area contributed by atoms with Crippen LogP contribution in [0.25, 0.3) is 0 Å². The van der Waals surface area contributed by atoms with E-state index in [-0.39, 0.29) is 11.8 Å². The second kappa shape index (κ2) is 7.03. The van der Waals surface area contributed by atoms with Crippen molar-refractivity contribution < 1.29 is 19.5 Å². The molecule has 24 heavy (non-hydrogen) atoms. The Hall–Kier alpha value is -2.37. The van der Waals surface area contributed by atoms with E-state index in [0.29, 0.717) is 45.3 Å². The highest BCUT2D eigenvalue weighted by Gasteiger charge is 2.30. The van der Waals surface area contributed by atoms with Crippen molar-refractivity contribution in [2.24, 2.45) is 5.92 Å². The quantitative estimate of drug-likeness (QED) is 0.891. The van der Waals surface area contributed by atoms with Gasteiger partial charge >= 0.3 is 5.97 Å². The number of likely N-dealkylation sites (tertiary alicyclic amines) is 1. The van der Waals surface area contributed by atoms with Crippen molar-refractivity contribution in [2.45, 2.75) is 32.1 Å². The van der Waals surface area contributed by atoms with Crippen LogP contribution in [0.4, 0.5) is 5.69 Å². The zero-order valence-corrected chi connectivity index (χ0v) is 13.6. The highest BCUT2D eigenvalue weighted by molar-refractivity contribution is 5.96. The number of carbonyl (C=O) groups excluding carboxylic acids is 2. The third-order valence-corrected chi connectivity index (χ3v) is 4.85. The van der Waals surface area contributed by atoms with Gasteiger partial charge < -0.3 is 14.9 Å². The molecule has 1 saturated heterocycles. The lowest BCUT2D eigenvalue weighted by molar-refractivity contribution is -0.141. The SMILES string of the molecule is O=C(O)[C@@H]1CCN(C(=O)CCCN2C(=O)CCc3ccccc32)C1. The topological polar surface area (TPSA) is 77.9 Å². The summed E-state index contributed by atoms with van der Waals surface area (Å²) in [5.41, 5.74) is 2.13. The standard InChI is InChI=1S/C18H22N2O4/c21-16(19-11-9-14(12-19)18(23)24)6-3-10-20-15-5-2-1-4-13(15)7-8-17(20)22/h1-2,4-5,14H,3,6-12H2,(H,23,24)/t14-/m1/s1. The third-order valence-electron chi connectivity index (χ3n) is 4.85. The summed E-state index contributed by atoms with van der Waals surface area (Å²) in [5.74, 6) is -1.19. The number of carbonyl (C=O) groups is 3. The Morgan fingerprint density at radius 2 is 2.00 bits per heavy atom. The number of fused-ring (bicyclic) bond motifs is 1. The molecule has 0 saturated carbocycles. The number of rotatable bonds is 5. The van der Waals surface area contributed by atoms with E-state index in [4.69, 9.17) is 5.11 Å². The van der Waals surface area contributed by atoms with Crippen molar-refractivity contribution >= 4 is 23.5 Å². The number of para-hydroxylation sites is 1. The predicted molar refractivity (Wildman–Crippen MR) is 88.7 cm³/mol. The van der Waals surface area contributed by atoms with E-state index in [9.17, 15) is 14.4 Å². The third kappa shape index (κ3) is 3.42. The molecule has 1 N–H and O–H groups in total. The molecule has 2 heterocycles. The molecule has 1 fully saturated rings. The summed E-state index contributed by atoms with van der Waals surface area (Å²) in [7, 11) is 0. The number of amides is 2. The van der Waals surface area contributed by atoms with Gasteiger partial charge in [0.2, 0.25) is 11.8 Å². The smallest absolute Gasteiger partial charge is 0.308 e. The first-order valence-corrected chi connectivity index (χ1v) is 8.45. The van der Waals surface area contributed by atoms with E-state index >= 15 is 0 Å². The van der Waals surface area contributed by atoms with Crippen LogP contribution < -0.4 is 4.90 Å². The summed E-state index contributed by atoms with van der Waals surface area (Å²) < 4.78 is 0. The molecule has 2 amide bonds. The molecule has 2 aliphatic heterocycles. The second-order valence-electron chi connectivity index (χ2n) is 6.44. The molecule has 1 aromatic rings. The van der Waals surface area contributed by atoms with Gasteiger partial charge in [-0.1, -0.05) is 18.2 Å². The first kappa shape index (κ1) is 16.5. The van der Waals surface area contributed by atoms with Crippen molar-refractivity contribution in [2.75, 3.05) is 24.5 Å². The maximum Gasteiger partial charge on any atom is 0.308 e. The van der Waals surface area contributed by atoms with Gasteiger partial charge in [-0.25, -0.2) is 0 Å². The second-order valence-corrected chi connectivity index (χ2v) is 6.44. The van der Waals surface area contributed by atoms with Crippen LogP contribution in [0.3, 0.4) is 0 Å². The Kier molecular flexibility index (Phi) is 4.83. The molecule has 128 valence electrons. The van der Waals surface area contributed by atoms with Crippen LogP contribution in [-0.4, -0.2) is 47.4 Å². The lowest BCUT2D eigenvalue weighted by Gasteiger charge is -2.29. The van der Waals surface area contributed by atoms with E-state index < -0.39 is 11.9 Å². The minimum atomic E-state index is -0.833. The largest absolute Gasteiger partial charge is 0.481 e. The van der Waals surface area contributed by atoms with Crippen LogP contribution >= 0.6 is 0 Å². The zero-order valence-electron chi connectivity index (χ0n) is 13.6. The fourth-order valence-corrected chi connectivity index (χ4v) is 3.48. The number of carboxylic acids is 1. The molecule has 2 aliphatic rings. The van der Waals surface area contributed by atoms with Crippen molar-refractivity contribution in [3.05, 3.63) is 29.8 Å². The molecule has 6 nitrogen and oxygen atoms in total. The van der Waals surface area contributed by atoms with Gasteiger partial charge in [-0.05, 0) is 30.9 Å². The normalized spacial score (nSPS) is 20.2. The van der Waals surface area contributed by atoms with Gasteiger partial charge in [-0.3, -0.25) is 14.4 Å². The van der Waals surface area contributed by atoms with Gasteiger partial charge in [0, 0.05) is 38.2 Å². The number of benzene rings is 1. The Bertz CT molecular complexity index is 658. The lowest BCUT2D eigenvalue weighted by Crippen LogP contribution is -2.36. The van der Waals surface area contributed by atoms with Crippen molar-refractivity contribution in [3.63, 3.8) is 0 Å². The molecule has 0 radical (unpaired) electrons. The van der Waals surface area contributed by atoms with Crippen LogP contribution in [0.5, 0.6) is 0 Å². The number of aryl methyl sites for hydroxylation is 1. The molecule has 1 aromatic carbocycles. The number of hydrogen-bond acceptors (Lipinski definition) is 3. The van der Waals surface area contributed by atoms with Gasteiger partial charge in [0.05, 0.1) is 5.92 Å². The van der Waals surface area contributed by atoms with Gasteiger partial charge in [0.15, 0.2) is 0 Å². The molecule has 0 bridgehead atoms. The van der Waals surface area contributed by atoms with E-state index in [1.165, 1.54) is 5.56 Å². The van der Waals surface area contributed by atoms with Crippen LogP contribution in [0.2, 0.25) is 0 Å². The van der Waals surface area contributed by atoms with Crippen LogP contribution in [0.15, 0.2) is 24.3 Å². The molecule has 0 spiro atoms. The van der Waals surface area contributed by atoms with Crippen LogP contribution in [0, 0.1) is 5.92 Å². The fraction of sp³-hybridized carbons (Fsp3) is 0.500. The first-order chi connectivity index (χ1) is 11.6. The maximum absolute atomic E-state index is 12.2. The molecular formula is C18H22N2O4. The molecule has 6 heteroatoms. The van der Waals surface area contributed by atoms with Crippen molar-refractivity contribution in [3.8, 4) is 0 Å². The summed E-state index contributed by atoms with van der Waals surface area (Å²) in [6.07, 6.45) is 2.75. The zero-order chi connectivity index (χ0) is 17.1. The summed E-state index contributed by atoms with van der Waals surface area (Å²) in [6, 6.07) is 7.89. The highest BCUT2D eigenvalue weighted by Crippen LogP contribution is 2.27. The number of aliphatic carboxylic acids is 1. The Morgan fingerprint density at radius 3 is 2.75 bits per heavy atom. The van der Waals surface area contributed by atoms with E-state index in [1.807, 2.05) is 24.3 Å². The van der Waals surface area contributed by atoms with Gasteiger partial charge in [0.1, 0.15) is 0 Å². The number of hydrogen-bond donors (Lipinski definition) is 1. The van der Waals surface area contributed by atoms with Gasteiger partial charge in [-0.2, -0.15) is 0 Å². The average molecular weight is 330 g/mol. The maximum atomic E-state index is 12.2. The predicted octanol–water partition coefficient (Wildman–Crippen LogP) is 1.68. The Balaban J connectivity index is 1.52. The fourth-order valence-electron chi connectivity index (χ4n) is 3.48. The average Bonchev–Trinajstić information content (AvgIpc) is 3.07. The summed E-state index contributed by atoms with van der Waals surface area (Å²) in [5, 5.41) is 9.00. The Morgan fingerprint density at radius 1 is 1.21 bits per heavy atom. The van der Waals surface area contributed by atoms with E-state index in [2.05, 4.69) is 0 Å². The molecular weight excluding hydrogens is 308 g/mol. The van der Waals surface area contributed by atoms with E-state index in [0.717, 1.165) is 12.1 Å². The number of nitrogens with zero attached hydrogens (tertiary/aromatic N) is 2. The molecule has 0 unspecified atom stereocenters. The summed E-state index contributed by atoms with van der Waals surface area (Å²) in [4.78, 5) is 38.7. The molecule has 1 atom stereocenters. The van der Waals surface area contributed by atoms with Crippen molar-refractivity contribution in [1.29, 1.82) is 0 Å². The minimum Gasteiger partial charge on any atom is -0.481 e. The summed E-state index contributed by atoms with van der Waals surface area (Å²) in [6.45, 7) is 1.35. The highest BCUT2D eigenvalue weighted by atomic mass is 16.4. The minimum absolute atomic E-state index is 0.0171. The Labute approximate surface area is 141 Å². The monoisotopic (exact) mass is 330 g/mol. The molecule has 0 aromatic heterocycles. The molecule has 0 aliphatic carbocycles. The van der Waals surface area contributed by atoms with Gasteiger partial charge in [0.25, 0.3) is 0 Å². The van der Waals surface area contributed by atoms with Gasteiger partial charge in [-0.15, -0.1) is 0 Å². The van der Waals surface area contributed by atoms with Crippen LogP contribution in [0.1, 0.15) is 31.2 Å². The van der Waals surface area contributed by atoms with E-state index in [1.54, 1.807) is 9.80 Å². The number of anilines is 1. The number of carboxylic acid groups (broad SMARTS) is 1. The summed E-state index contributed by atoms with van der Waals surface area (Å²) >= 11 is 0. The lowest BCUT2D eigenvalue weighted by atomic mass is 10.0. The van der Waals surface area contributed by atoms with Crippen molar-refractivity contribution in [1.82, 2.24) is 4.90 Å². The van der Waals surface area contributed by atoms with Crippen LogP contribution in [-0.2, 0) is 20.8 Å².